The number of hydrogen-bond acceptors (Lipinski definition) is 3. The summed E-state index contributed by atoms with van der Waals surface area (Å²) in [5.74, 6) is 0. The number of sulfone groups is 1. The van der Waals surface area contributed by atoms with Gasteiger partial charge in [-0.15, -0.1) is 0 Å². The van der Waals surface area contributed by atoms with Crippen LogP contribution in [0.5, 0.6) is 0 Å². The molecule has 0 aliphatic carbocycles. The molecule has 1 N–H and O–H groups in total. The normalized spacial score (nSPS) is 20.3. The second kappa shape index (κ2) is 5.02. The molecule has 18 heavy (non-hydrogen) atoms. The molecular formula is C14H21NO2S. The third kappa shape index (κ3) is 2.93. The van der Waals surface area contributed by atoms with E-state index in [-0.39, 0.29) is 0 Å². The minimum atomic E-state index is -3.12. The standard InChI is InChI=1S/C14H21NO2S/c1-10-7-14(18(3,16)17)9-12(11(10)2)8-13-5-4-6-15-13/h7,9,13,15H,4-6,8H2,1-3H3. The SMILES string of the molecule is Cc1cc(S(C)(=O)=O)cc(CC2CCCN2)c1C. The van der Waals surface area contributed by atoms with Crippen molar-refractivity contribution < 1.29 is 8.42 Å². The van der Waals surface area contributed by atoms with Crippen LogP contribution < -0.4 is 5.32 Å². The first-order valence-corrected chi connectivity index (χ1v) is 8.30. The zero-order chi connectivity index (χ0) is 13.3. The maximum Gasteiger partial charge on any atom is 0.175 e. The van der Waals surface area contributed by atoms with Gasteiger partial charge in [-0.3, -0.25) is 0 Å². The molecule has 1 saturated heterocycles. The van der Waals surface area contributed by atoms with Crippen LogP contribution >= 0.6 is 0 Å². The van der Waals surface area contributed by atoms with Crippen LogP contribution in [0.2, 0.25) is 0 Å². The molecule has 1 aliphatic rings. The van der Waals surface area contributed by atoms with E-state index in [1.165, 1.54) is 24.7 Å². The maximum absolute atomic E-state index is 11.7. The molecule has 0 amide bonds. The average Bonchev–Trinajstić information content (AvgIpc) is 2.75. The van der Waals surface area contributed by atoms with E-state index in [0.717, 1.165) is 24.1 Å². The van der Waals surface area contributed by atoms with Crippen LogP contribution in [0.4, 0.5) is 0 Å². The van der Waals surface area contributed by atoms with Crippen molar-refractivity contribution in [1.82, 2.24) is 5.32 Å². The fourth-order valence-electron chi connectivity index (χ4n) is 2.52. The molecule has 2 rings (SSSR count). The average molecular weight is 267 g/mol. The molecule has 1 aromatic rings. The molecule has 0 radical (unpaired) electrons. The van der Waals surface area contributed by atoms with E-state index < -0.39 is 9.84 Å². The predicted octanol–water partition coefficient (Wildman–Crippen LogP) is 2.00. The molecule has 3 nitrogen and oxygen atoms in total. The van der Waals surface area contributed by atoms with Crippen molar-refractivity contribution in [2.24, 2.45) is 0 Å². The van der Waals surface area contributed by atoms with Gasteiger partial charge in [0.2, 0.25) is 0 Å². The molecule has 100 valence electrons. The Bertz CT molecular complexity index is 543. The van der Waals surface area contributed by atoms with E-state index in [4.69, 9.17) is 0 Å². The Morgan fingerprint density at radius 2 is 2.06 bits per heavy atom. The summed E-state index contributed by atoms with van der Waals surface area (Å²) in [7, 11) is -3.12. The lowest BCUT2D eigenvalue weighted by molar-refractivity contribution is 0.595. The summed E-state index contributed by atoms with van der Waals surface area (Å²) in [4.78, 5) is 0.443. The molecule has 0 saturated carbocycles. The van der Waals surface area contributed by atoms with Gasteiger partial charge in [0, 0.05) is 12.3 Å². The van der Waals surface area contributed by atoms with Crippen LogP contribution in [0.1, 0.15) is 29.5 Å². The molecule has 0 aromatic heterocycles. The monoisotopic (exact) mass is 267 g/mol. The first kappa shape index (κ1) is 13.6. The van der Waals surface area contributed by atoms with E-state index in [1.807, 2.05) is 13.0 Å². The lowest BCUT2D eigenvalue weighted by Crippen LogP contribution is -2.24. The van der Waals surface area contributed by atoms with Crippen LogP contribution in [-0.2, 0) is 16.3 Å². The van der Waals surface area contributed by atoms with Crippen molar-refractivity contribution in [3.63, 3.8) is 0 Å². The van der Waals surface area contributed by atoms with E-state index in [9.17, 15) is 8.42 Å². The Labute approximate surface area is 110 Å². The maximum atomic E-state index is 11.7. The van der Waals surface area contributed by atoms with Crippen molar-refractivity contribution in [1.29, 1.82) is 0 Å². The number of nitrogens with one attached hydrogen (secondary N) is 1. The highest BCUT2D eigenvalue weighted by Crippen LogP contribution is 2.22. The fourth-order valence-corrected chi connectivity index (χ4v) is 3.27. The van der Waals surface area contributed by atoms with Crippen molar-refractivity contribution in [2.45, 2.75) is 44.0 Å². The Morgan fingerprint density at radius 3 is 2.61 bits per heavy atom. The van der Waals surface area contributed by atoms with Gasteiger partial charge in [-0.25, -0.2) is 8.42 Å². The van der Waals surface area contributed by atoms with Crippen LogP contribution in [0, 0.1) is 13.8 Å². The topological polar surface area (TPSA) is 46.2 Å². The van der Waals surface area contributed by atoms with Crippen LogP contribution in [0.3, 0.4) is 0 Å². The Morgan fingerprint density at radius 1 is 1.33 bits per heavy atom. The first-order chi connectivity index (χ1) is 8.38. The third-order valence-electron chi connectivity index (χ3n) is 3.81. The van der Waals surface area contributed by atoms with Gasteiger partial charge in [0.15, 0.2) is 9.84 Å². The molecular weight excluding hydrogens is 246 g/mol. The molecule has 4 heteroatoms. The van der Waals surface area contributed by atoms with E-state index in [2.05, 4.69) is 12.2 Å². The number of aryl methyl sites for hydroxylation is 1. The molecule has 1 atom stereocenters. The minimum absolute atomic E-state index is 0.443. The van der Waals surface area contributed by atoms with Gasteiger partial charge in [-0.05, 0) is 68.5 Å². The Kier molecular flexibility index (Phi) is 3.78. The van der Waals surface area contributed by atoms with Gasteiger partial charge in [0.05, 0.1) is 4.90 Å². The molecule has 0 spiro atoms. The molecule has 1 unspecified atom stereocenters. The van der Waals surface area contributed by atoms with Crippen molar-refractivity contribution in [3.05, 3.63) is 28.8 Å². The zero-order valence-corrected chi connectivity index (χ0v) is 12.1. The lowest BCUT2D eigenvalue weighted by Gasteiger charge is -2.15. The van der Waals surface area contributed by atoms with E-state index in [1.54, 1.807) is 6.07 Å². The van der Waals surface area contributed by atoms with Crippen molar-refractivity contribution in [3.8, 4) is 0 Å². The zero-order valence-electron chi connectivity index (χ0n) is 11.3. The van der Waals surface area contributed by atoms with Crippen LogP contribution in [-0.4, -0.2) is 27.3 Å². The Hall–Kier alpha value is -0.870. The number of rotatable bonds is 3. The minimum Gasteiger partial charge on any atom is -0.314 e. The smallest absolute Gasteiger partial charge is 0.175 e. The molecule has 1 fully saturated rings. The second-order valence-electron chi connectivity index (χ2n) is 5.29. The molecule has 1 aromatic carbocycles. The summed E-state index contributed by atoms with van der Waals surface area (Å²) in [5, 5.41) is 3.46. The number of benzene rings is 1. The van der Waals surface area contributed by atoms with Crippen molar-refractivity contribution in [2.75, 3.05) is 12.8 Å². The molecule has 1 aliphatic heterocycles. The van der Waals surface area contributed by atoms with Gasteiger partial charge in [0.25, 0.3) is 0 Å². The quantitative estimate of drug-likeness (QED) is 0.911. The van der Waals surface area contributed by atoms with Gasteiger partial charge in [0.1, 0.15) is 0 Å². The summed E-state index contributed by atoms with van der Waals surface area (Å²) in [5.41, 5.74) is 3.44. The van der Waals surface area contributed by atoms with Gasteiger partial charge in [-0.1, -0.05) is 0 Å². The predicted molar refractivity (Wildman–Crippen MR) is 73.8 cm³/mol. The van der Waals surface area contributed by atoms with Gasteiger partial charge < -0.3 is 5.32 Å². The molecule has 1 heterocycles. The van der Waals surface area contributed by atoms with Gasteiger partial charge in [-0.2, -0.15) is 0 Å². The second-order valence-corrected chi connectivity index (χ2v) is 7.31. The highest BCUT2D eigenvalue weighted by Gasteiger charge is 2.18. The first-order valence-electron chi connectivity index (χ1n) is 6.41. The summed E-state index contributed by atoms with van der Waals surface area (Å²) >= 11 is 0. The lowest BCUT2D eigenvalue weighted by atomic mass is 9.97. The summed E-state index contributed by atoms with van der Waals surface area (Å²) < 4.78 is 23.3. The fraction of sp³-hybridized carbons (Fsp3) is 0.571. The van der Waals surface area contributed by atoms with Crippen LogP contribution in [0.15, 0.2) is 17.0 Å². The Balaban J connectivity index is 2.36. The third-order valence-corrected chi connectivity index (χ3v) is 4.90. The van der Waals surface area contributed by atoms with E-state index >= 15 is 0 Å². The summed E-state index contributed by atoms with van der Waals surface area (Å²) in [6.45, 7) is 5.13. The number of hydrogen-bond donors (Lipinski definition) is 1. The highest BCUT2D eigenvalue weighted by molar-refractivity contribution is 7.90. The van der Waals surface area contributed by atoms with Crippen molar-refractivity contribution >= 4 is 9.84 Å². The summed E-state index contributed by atoms with van der Waals surface area (Å²) in [6.07, 6.45) is 4.60. The molecule has 0 bridgehead atoms. The van der Waals surface area contributed by atoms with Gasteiger partial charge >= 0.3 is 0 Å². The highest BCUT2D eigenvalue weighted by atomic mass is 32.2. The largest absolute Gasteiger partial charge is 0.314 e. The van der Waals surface area contributed by atoms with E-state index in [0.29, 0.717) is 10.9 Å². The summed E-state index contributed by atoms with van der Waals surface area (Å²) in [6, 6.07) is 4.12. The van der Waals surface area contributed by atoms with Crippen LogP contribution in [0.25, 0.3) is 0 Å².